The highest BCUT2D eigenvalue weighted by Crippen LogP contribution is 2.41. The number of carboxylic acids is 1. The molecule has 196 valence electrons. The number of rotatable bonds is 9. The van der Waals surface area contributed by atoms with Crippen molar-refractivity contribution in [3.05, 3.63) is 23.2 Å². The number of carbonyl (C=O) groups excluding carboxylic acids is 2. The number of nitrogens with two attached hydrogens (primary N) is 3. The van der Waals surface area contributed by atoms with E-state index in [0.29, 0.717) is 28.8 Å². The van der Waals surface area contributed by atoms with Gasteiger partial charge in [-0.2, -0.15) is 9.36 Å². The van der Waals surface area contributed by atoms with E-state index in [9.17, 15) is 19.5 Å². The Morgan fingerprint density at radius 3 is 2.76 bits per heavy atom. The lowest BCUT2D eigenvalue weighted by Gasteiger charge is -2.49. The molecule has 15 nitrogen and oxygen atoms in total. The van der Waals surface area contributed by atoms with Crippen LogP contribution in [0.2, 0.25) is 0 Å². The van der Waals surface area contributed by atoms with E-state index in [1.54, 1.807) is 10.6 Å². The Bertz CT molecular complexity index is 1330. The number of β-lactam (4-membered cyclic amide) rings is 1. The third kappa shape index (κ3) is 5.12. The molecule has 4 rings (SSSR count). The zero-order valence-electron chi connectivity index (χ0n) is 19.6. The fourth-order valence-corrected chi connectivity index (χ4v) is 6.75. The first-order chi connectivity index (χ1) is 17.7. The van der Waals surface area contributed by atoms with Crippen LogP contribution in [-0.2, 0) is 25.8 Å². The zero-order chi connectivity index (χ0) is 26.9. The summed E-state index contributed by atoms with van der Waals surface area (Å²) in [5, 5.41) is 16.2. The van der Waals surface area contributed by atoms with Crippen LogP contribution in [0.25, 0.3) is 0 Å². The van der Waals surface area contributed by atoms with Crippen LogP contribution in [0.3, 0.4) is 0 Å². The molecule has 0 bridgehead atoms. The Morgan fingerprint density at radius 1 is 1.38 bits per heavy atom. The molecule has 0 spiro atoms. The summed E-state index contributed by atoms with van der Waals surface area (Å²) < 4.78 is 5.70. The minimum Gasteiger partial charge on any atom is -0.477 e. The average Bonchev–Trinajstić information content (AvgIpc) is 3.28. The standard InChI is InChI=1S/C19H22N10O5S3/c1-3-28-9(21)4-8(20)23-19(28)36-6-7-5-35-16-11(15(31)29(16)12(7)17(32)33)24-14(30)10(26-34-2)13-25-18(22)37-27-13/h4,11,16H,3,5-6H2,1-2H3,(H7,20,21,22,24,25,27,30,32,33)/p+1/b26-10-/t11?,16-/m1/s1. The van der Waals surface area contributed by atoms with Crippen LogP contribution < -0.4 is 27.1 Å². The molecule has 0 radical (unpaired) electrons. The monoisotopic (exact) mass is 567 g/mol. The van der Waals surface area contributed by atoms with Gasteiger partial charge in [0.25, 0.3) is 11.8 Å². The number of hydrogen-bond donors (Lipinski definition) is 5. The Hall–Kier alpha value is -3.64. The molecule has 2 aromatic rings. The summed E-state index contributed by atoms with van der Waals surface area (Å²) in [6, 6.07) is 0.572. The van der Waals surface area contributed by atoms with E-state index in [2.05, 4.69) is 24.8 Å². The van der Waals surface area contributed by atoms with Gasteiger partial charge in [-0.05, 0) is 24.3 Å². The molecule has 0 aromatic carbocycles. The second-order valence-corrected chi connectivity index (χ2v) is 10.4. The van der Waals surface area contributed by atoms with Crippen LogP contribution in [0.15, 0.2) is 27.6 Å². The van der Waals surface area contributed by atoms with Crippen molar-refractivity contribution >= 4 is 75.3 Å². The van der Waals surface area contributed by atoms with E-state index in [-0.39, 0.29) is 33.9 Å². The lowest BCUT2D eigenvalue weighted by Crippen LogP contribution is -2.71. The van der Waals surface area contributed by atoms with E-state index >= 15 is 0 Å². The fraction of sp³-hybridized carbons (Fsp3) is 0.368. The number of fused-ring (bicyclic) bond motifs is 1. The van der Waals surface area contributed by atoms with Crippen molar-refractivity contribution in [1.29, 1.82) is 0 Å². The number of carboxylic acid groups (broad SMARTS) is 1. The summed E-state index contributed by atoms with van der Waals surface area (Å²) in [4.78, 5) is 52.1. The molecule has 2 aliphatic heterocycles. The molecular weight excluding hydrogens is 544 g/mol. The van der Waals surface area contributed by atoms with Crippen molar-refractivity contribution in [3.63, 3.8) is 0 Å². The summed E-state index contributed by atoms with van der Waals surface area (Å²) in [7, 11) is 1.25. The maximum absolute atomic E-state index is 13.0. The van der Waals surface area contributed by atoms with Gasteiger partial charge in [0.15, 0.2) is 5.13 Å². The van der Waals surface area contributed by atoms with Gasteiger partial charge in [-0.3, -0.25) is 14.5 Å². The summed E-state index contributed by atoms with van der Waals surface area (Å²) in [5.74, 6) is -1.36. The lowest BCUT2D eigenvalue weighted by molar-refractivity contribution is -0.719. The highest BCUT2D eigenvalue weighted by Gasteiger charge is 2.54. The second-order valence-electron chi connectivity index (χ2n) is 7.62. The lowest BCUT2D eigenvalue weighted by atomic mass is 10.0. The van der Waals surface area contributed by atoms with Crippen LogP contribution >= 0.6 is 35.1 Å². The zero-order valence-corrected chi connectivity index (χ0v) is 22.0. The number of nitrogens with zero attached hydrogens (tertiary/aromatic N) is 6. The largest absolute Gasteiger partial charge is 0.477 e. The van der Waals surface area contributed by atoms with Gasteiger partial charge in [0.1, 0.15) is 24.2 Å². The number of aromatic nitrogens is 4. The van der Waals surface area contributed by atoms with E-state index in [4.69, 9.17) is 22.0 Å². The highest BCUT2D eigenvalue weighted by atomic mass is 32.2. The van der Waals surface area contributed by atoms with Crippen molar-refractivity contribution in [2.75, 3.05) is 35.8 Å². The summed E-state index contributed by atoms with van der Waals surface area (Å²) in [5.41, 5.74) is 17.6. The van der Waals surface area contributed by atoms with Gasteiger partial charge < -0.3 is 32.5 Å². The van der Waals surface area contributed by atoms with Gasteiger partial charge in [-0.1, -0.05) is 10.1 Å². The Balaban J connectivity index is 1.52. The normalized spacial score (nSPS) is 19.4. The first-order valence-corrected chi connectivity index (χ1v) is 13.5. The summed E-state index contributed by atoms with van der Waals surface area (Å²) >= 11 is 3.48. The van der Waals surface area contributed by atoms with Crippen LogP contribution in [0.5, 0.6) is 0 Å². The van der Waals surface area contributed by atoms with Crippen molar-refractivity contribution < 1.29 is 28.9 Å². The topological polar surface area (TPSA) is 229 Å². The van der Waals surface area contributed by atoms with E-state index in [1.807, 2.05) is 6.92 Å². The molecule has 4 heterocycles. The number of nitrogens with one attached hydrogen (secondary N) is 1. The van der Waals surface area contributed by atoms with Gasteiger partial charge in [-0.15, -0.1) is 11.8 Å². The summed E-state index contributed by atoms with van der Waals surface area (Å²) in [6.07, 6.45) is 0. The predicted octanol–water partition coefficient (Wildman–Crippen LogP) is -1.13. The first kappa shape index (κ1) is 26.4. The predicted molar refractivity (Wildman–Crippen MR) is 137 cm³/mol. The molecule has 37 heavy (non-hydrogen) atoms. The van der Waals surface area contributed by atoms with E-state index < -0.39 is 29.2 Å². The number of thioether (sulfide) groups is 2. The third-order valence-corrected chi connectivity index (χ3v) is 8.29. The average molecular weight is 568 g/mol. The number of aliphatic carboxylic acids is 1. The Labute approximate surface area is 222 Å². The number of carbonyl (C=O) groups is 3. The third-order valence-electron chi connectivity index (χ3n) is 5.34. The molecule has 2 aliphatic rings. The van der Waals surface area contributed by atoms with Gasteiger partial charge in [0.05, 0.1) is 12.6 Å². The van der Waals surface area contributed by atoms with Crippen LogP contribution in [0, 0.1) is 0 Å². The Kier molecular flexibility index (Phi) is 7.69. The smallest absolute Gasteiger partial charge is 0.352 e. The minimum atomic E-state index is -1.24. The number of hydrogen-bond acceptors (Lipinski definition) is 14. The van der Waals surface area contributed by atoms with Crippen molar-refractivity contribution in [1.82, 2.24) is 24.6 Å². The minimum absolute atomic E-state index is 0.0488. The maximum atomic E-state index is 13.0. The molecule has 0 saturated carbocycles. The number of nitrogen functional groups attached to an aromatic ring is 3. The molecule has 18 heteroatoms. The number of amides is 2. The van der Waals surface area contributed by atoms with E-state index in [1.165, 1.54) is 35.5 Å². The fourth-order valence-electron chi connectivity index (χ4n) is 3.73. The molecule has 1 saturated heterocycles. The van der Waals surface area contributed by atoms with E-state index in [0.717, 1.165) is 11.5 Å². The van der Waals surface area contributed by atoms with Crippen LogP contribution in [0.4, 0.5) is 16.8 Å². The Morgan fingerprint density at radius 2 is 2.14 bits per heavy atom. The molecule has 1 fully saturated rings. The molecule has 1 unspecified atom stereocenters. The van der Waals surface area contributed by atoms with Gasteiger partial charge >= 0.3 is 11.1 Å². The van der Waals surface area contributed by atoms with Crippen LogP contribution in [0.1, 0.15) is 12.7 Å². The van der Waals surface area contributed by atoms with Crippen molar-refractivity contribution in [2.45, 2.75) is 30.0 Å². The highest BCUT2D eigenvalue weighted by molar-refractivity contribution is 8.01. The van der Waals surface area contributed by atoms with Gasteiger partial charge in [-0.25, -0.2) is 9.36 Å². The maximum Gasteiger partial charge on any atom is 0.352 e. The van der Waals surface area contributed by atoms with Crippen molar-refractivity contribution in [2.24, 2.45) is 5.16 Å². The first-order valence-electron chi connectivity index (χ1n) is 10.7. The molecular formula is C19H23N10O5S3+. The quantitative estimate of drug-likeness (QED) is 0.0604. The van der Waals surface area contributed by atoms with Crippen molar-refractivity contribution in [3.8, 4) is 0 Å². The molecule has 0 aliphatic carbocycles. The second kappa shape index (κ2) is 10.8. The number of oxime groups is 1. The van der Waals surface area contributed by atoms with Crippen LogP contribution in [-0.4, -0.2) is 77.9 Å². The molecule has 2 aromatic heterocycles. The SMILES string of the molecule is CC[n+]1c(N)cc(N)nc1SCC1=C(C(=O)O)N2C(=O)C(NC(=O)/C(=N\OC)c3nsc(N)n3)[C@H]2SC1. The molecule has 2 amide bonds. The van der Waals surface area contributed by atoms with Gasteiger partial charge in [0, 0.05) is 23.0 Å². The summed E-state index contributed by atoms with van der Waals surface area (Å²) in [6.45, 7) is 2.45. The number of anilines is 3. The molecule has 8 N–H and O–H groups in total. The van der Waals surface area contributed by atoms with Gasteiger partial charge in [0.2, 0.25) is 23.2 Å². The molecule has 2 atom stereocenters.